The van der Waals surface area contributed by atoms with Gasteiger partial charge in [-0.15, -0.1) is 0 Å². The lowest BCUT2D eigenvalue weighted by molar-refractivity contribution is -0.118. The van der Waals surface area contributed by atoms with Gasteiger partial charge in [-0.2, -0.15) is 0 Å². The van der Waals surface area contributed by atoms with Crippen LogP contribution in [-0.2, 0) is 4.79 Å². The van der Waals surface area contributed by atoms with Crippen molar-refractivity contribution in [2.45, 2.75) is 58.4 Å². The molecule has 2 aliphatic carbocycles. The Labute approximate surface area is 99.4 Å². The Balaban J connectivity index is 2.17. The third-order valence-electron chi connectivity index (χ3n) is 4.83. The number of fused-ring (bicyclic) bond motifs is 1. The molecule has 16 heavy (non-hydrogen) atoms. The Morgan fingerprint density at radius 1 is 1.19 bits per heavy atom. The second-order valence-electron chi connectivity index (χ2n) is 5.54. The van der Waals surface area contributed by atoms with Crippen molar-refractivity contribution in [2.75, 3.05) is 13.1 Å². The van der Waals surface area contributed by atoms with Crippen LogP contribution in [0.1, 0.15) is 52.9 Å². The predicted octanol–water partition coefficient (Wildman–Crippen LogP) is 2.87. The first-order chi connectivity index (χ1) is 7.66. The molecule has 2 heteroatoms. The Kier molecular flexibility index (Phi) is 3.39. The van der Waals surface area contributed by atoms with Gasteiger partial charge in [-0.05, 0) is 44.7 Å². The van der Waals surface area contributed by atoms with Gasteiger partial charge in [-0.3, -0.25) is 9.69 Å². The molecule has 2 nitrogen and oxygen atoms in total. The molecule has 0 aromatic heterocycles. The molecule has 2 saturated carbocycles. The highest BCUT2D eigenvalue weighted by atomic mass is 16.1. The average Bonchev–Trinajstić information content (AvgIpc) is 2.89. The lowest BCUT2D eigenvalue weighted by Gasteiger charge is -2.31. The first-order valence-corrected chi connectivity index (χ1v) is 6.91. The van der Waals surface area contributed by atoms with E-state index in [2.05, 4.69) is 18.7 Å². The molecule has 0 heterocycles. The van der Waals surface area contributed by atoms with Crippen LogP contribution in [0.3, 0.4) is 0 Å². The summed E-state index contributed by atoms with van der Waals surface area (Å²) in [7, 11) is 0. The fourth-order valence-corrected chi connectivity index (χ4v) is 4.27. The summed E-state index contributed by atoms with van der Waals surface area (Å²) in [5.74, 6) is 2.02. The monoisotopic (exact) mass is 223 g/mol. The fourth-order valence-electron chi connectivity index (χ4n) is 4.27. The molecule has 0 aromatic carbocycles. The summed E-state index contributed by atoms with van der Waals surface area (Å²) in [6.45, 7) is 8.41. The minimum atomic E-state index is 0.270. The summed E-state index contributed by atoms with van der Waals surface area (Å²) in [5.41, 5.74) is 0.270. The van der Waals surface area contributed by atoms with Gasteiger partial charge in [0.1, 0.15) is 5.78 Å². The van der Waals surface area contributed by atoms with Crippen LogP contribution >= 0.6 is 0 Å². The van der Waals surface area contributed by atoms with E-state index in [1.165, 1.54) is 25.7 Å². The van der Waals surface area contributed by atoms with Crippen LogP contribution in [0.5, 0.6) is 0 Å². The first kappa shape index (κ1) is 12.1. The number of hydrogen-bond acceptors (Lipinski definition) is 2. The number of hydrogen-bond donors (Lipinski definition) is 0. The molecule has 0 spiro atoms. The summed E-state index contributed by atoms with van der Waals surface area (Å²) in [6, 6.07) is 0. The summed E-state index contributed by atoms with van der Waals surface area (Å²) in [4.78, 5) is 14.1. The van der Waals surface area contributed by atoms with Crippen molar-refractivity contribution in [2.24, 2.45) is 11.8 Å². The second kappa shape index (κ2) is 4.48. The van der Waals surface area contributed by atoms with Gasteiger partial charge in [0.15, 0.2) is 0 Å². The van der Waals surface area contributed by atoms with Gasteiger partial charge >= 0.3 is 0 Å². The van der Waals surface area contributed by atoms with Crippen molar-refractivity contribution in [3.05, 3.63) is 0 Å². The zero-order valence-corrected chi connectivity index (χ0v) is 11.0. The third-order valence-corrected chi connectivity index (χ3v) is 4.83. The normalized spacial score (nSPS) is 37.2. The van der Waals surface area contributed by atoms with E-state index in [0.29, 0.717) is 5.78 Å². The molecule has 0 amide bonds. The van der Waals surface area contributed by atoms with Gasteiger partial charge in [0, 0.05) is 12.0 Å². The predicted molar refractivity (Wildman–Crippen MR) is 66.4 cm³/mol. The highest BCUT2D eigenvalue weighted by Gasteiger charge is 2.66. The molecular formula is C14H25NO. The number of carbonyl (C=O) groups excluding carboxylic acids is 1. The lowest BCUT2D eigenvalue weighted by atomic mass is 10.0. The lowest BCUT2D eigenvalue weighted by Crippen LogP contribution is -2.41. The summed E-state index contributed by atoms with van der Waals surface area (Å²) in [5, 5.41) is 0. The SMILES string of the molecule is CCN(CC)C1(CC(C)=O)[C@@H]2CCCC[C@@H]21. The largest absolute Gasteiger partial charge is 0.300 e. The maximum Gasteiger partial charge on any atom is 0.131 e. The molecule has 0 aliphatic heterocycles. The molecule has 0 saturated heterocycles. The van der Waals surface area contributed by atoms with Gasteiger partial charge in [-0.1, -0.05) is 26.7 Å². The van der Waals surface area contributed by atoms with E-state index in [0.717, 1.165) is 31.3 Å². The number of rotatable bonds is 5. The van der Waals surface area contributed by atoms with E-state index in [9.17, 15) is 4.79 Å². The van der Waals surface area contributed by atoms with E-state index in [4.69, 9.17) is 0 Å². The molecule has 0 aromatic rings. The maximum atomic E-state index is 11.6. The summed E-state index contributed by atoms with van der Waals surface area (Å²) >= 11 is 0. The van der Waals surface area contributed by atoms with Crippen molar-refractivity contribution >= 4 is 5.78 Å². The van der Waals surface area contributed by atoms with Crippen LogP contribution in [-0.4, -0.2) is 29.3 Å². The standard InChI is InChI=1S/C14H25NO/c1-4-15(5-2)14(10-11(3)16)12-8-6-7-9-13(12)14/h12-13H,4-10H2,1-3H3/t12-,13+,14?. The second-order valence-corrected chi connectivity index (χ2v) is 5.54. The highest BCUT2D eigenvalue weighted by Crippen LogP contribution is 2.63. The number of nitrogens with zero attached hydrogens (tertiary/aromatic N) is 1. The Hall–Kier alpha value is -0.370. The molecule has 92 valence electrons. The van der Waals surface area contributed by atoms with Crippen molar-refractivity contribution in [3.63, 3.8) is 0 Å². The van der Waals surface area contributed by atoms with Crippen LogP contribution in [0.4, 0.5) is 0 Å². The first-order valence-electron chi connectivity index (χ1n) is 6.91. The molecule has 2 rings (SSSR count). The molecule has 0 radical (unpaired) electrons. The van der Waals surface area contributed by atoms with E-state index in [1.54, 1.807) is 6.92 Å². The third kappa shape index (κ3) is 1.71. The van der Waals surface area contributed by atoms with Gasteiger partial charge in [0.25, 0.3) is 0 Å². The van der Waals surface area contributed by atoms with Crippen LogP contribution < -0.4 is 0 Å². The highest BCUT2D eigenvalue weighted by molar-refractivity contribution is 5.77. The van der Waals surface area contributed by atoms with Crippen LogP contribution in [0, 0.1) is 11.8 Å². The van der Waals surface area contributed by atoms with Crippen LogP contribution in [0.25, 0.3) is 0 Å². The average molecular weight is 223 g/mol. The molecule has 3 atom stereocenters. The zero-order valence-electron chi connectivity index (χ0n) is 11.0. The van der Waals surface area contributed by atoms with Crippen molar-refractivity contribution in [1.82, 2.24) is 4.90 Å². The summed E-state index contributed by atoms with van der Waals surface area (Å²) in [6.07, 6.45) is 6.26. The number of ketones is 1. The van der Waals surface area contributed by atoms with Crippen LogP contribution in [0.15, 0.2) is 0 Å². The molecule has 0 N–H and O–H groups in total. The minimum Gasteiger partial charge on any atom is -0.300 e. The topological polar surface area (TPSA) is 20.3 Å². The maximum absolute atomic E-state index is 11.6. The van der Waals surface area contributed by atoms with Crippen molar-refractivity contribution in [1.29, 1.82) is 0 Å². The molecule has 2 fully saturated rings. The quantitative estimate of drug-likeness (QED) is 0.714. The van der Waals surface area contributed by atoms with E-state index >= 15 is 0 Å². The minimum absolute atomic E-state index is 0.270. The van der Waals surface area contributed by atoms with Gasteiger partial charge < -0.3 is 0 Å². The fraction of sp³-hybridized carbons (Fsp3) is 0.929. The Bertz CT molecular complexity index is 258. The van der Waals surface area contributed by atoms with Crippen molar-refractivity contribution in [3.8, 4) is 0 Å². The van der Waals surface area contributed by atoms with E-state index in [-0.39, 0.29) is 5.54 Å². The number of Topliss-reactive ketones (excluding diaryl/α,β-unsaturated/α-hetero) is 1. The Morgan fingerprint density at radius 3 is 2.06 bits per heavy atom. The van der Waals surface area contributed by atoms with Gasteiger partial charge in [0.05, 0.1) is 0 Å². The smallest absolute Gasteiger partial charge is 0.131 e. The molecule has 0 bridgehead atoms. The molecular weight excluding hydrogens is 198 g/mol. The molecule has 1 unspecified atom stereocenters. The number of carbonyl (C=O) groups is 1. The summed E-state index contributed by atoms with van der Waals surface area (Å²) < 4.78 is 0. The van der Waals surface area contributed by atoms with Crippen LogP contribution in [0.2, 0.25) is 0 Å². The molecule has 2 aliphatic rings. The van der Waals surface area contributed by atoms with Gasteiger partial charge in [-0.25, -0.2) is 0 Å². The Morgan fingerprint density at radius 2 is 1.69 bits per heavy atom. The van der Waals surface area contributed by atoms with Crippen molar-refractivity contribution < 1.29 is 4.79 Å². The van der Waals surface area contributed by atoms with E-state index in [1.807, 2.05) is 0 Å². The van der Waals surface area contributed by atoms with Gasteiger partial charge in [0.2, 0.25) is 0 Å². The zero-order chi connectivity index (χ0) is 11.8. The van der Waals surface area contributed by atoms with E-state index < -0.39 is 0 Å².